The highest BCUT2D eigenvalue weighted by molar-refractivity contribution is 6.34. The maximum atomic E-state index is 12.0. The summed E-state index contributed by atoms with van der Waals surface area (Å²) in [5, 5.41) is 11.7. The Hall–Kier alpha value is -1.79. The van der Waals surface area contributed by atoms with Gasteiger partial charge in [0.1, 0.15) is 5.56 Å². The Morgan fingerprint density at radius 2 is 2.10 bits per heavy atom. The lowest BCUT2D eigenvalue weighted by molar-refractivity contribution is 0.0687. The van der Waals surface area contributed by atoms with Crippen molar-refractivity contribution in [3.05, 3.63) is 28.8 Å². The van der Waals surface area contributed by atoms with Crippen molar-refractivity contribution >= 4 is 29.3 Å². The first kappa shape index (κ1) is 17.3. The van der Waals surface area contributed by atoms with Crippen LogP contribution in [0.3, 0.4) is 0 Å². The molecule has 0 aliphatic carbocycles. The zero-order valence-corrected chi connectivity index (χ0v) is 13.0. The van der Waals surface area contributed by atoms with Crippen molar-refractivity contribution in [3.8, 4) is 0 Å². The fourth-order valence-corrected chi connectivity index (χ4v) is 1.84. The molecule has 0 bridgehead atoms. The van der Waals surface area contributed by atoms with Crippen LogP contribution < -0.4 is 5.32 Å². The quantitative estimate of drug-likeness (QED) is 0.846. The van der Waals surface area contributed by atoms with E-state index in [0.717, 1.165) is 0 Å². The van der Waals surface area contributed by atoms with Crippen LogP contribution in [0.2, 0.25) is 5.02 Å². The van der Waals surface area contributed by atoms with Crippen molar-refractivity contribution in [3.63, 3.8) is 0 Å². The van der Waals surface area contributed by atoms with Gasteiger partial charge in [0.05, 0.1) is 23.4 Å². The lowest BCUT2D eigenvalue weighted by atomic mass is 10.2. The molecule has 1 rings (SSSR count). The monoisotopic (exact) mass is 314 g/mol. The molecule has 0 aliphatic rings. The molecule has 0 saturated carbocycles. The first-order valence-corrected chi connectivity index (χ1v) is 6.86. The molecule has 0 saturated heterocycles. The lowest BCUT2D eigenvalue weighted by Crippen LogP contribution is -2.34. The molecular weight excluding hydrogens is 296 g/mol. The van der Waals surface area contributed by atoms with Gasteiger partial charge in [-0.1, -0.05) is 17.7 Å². The Morgan fingerprint density at radius 1 is 1.43 bits per heavy atom. The van der Waals surface area contributed by atoms with Crippen LogP contribution >= 0.6 is 11.6 Å². The average Bonchev–Trinajstić information content (AvgIpc) is 2.37. The van der Waals surface area contributed by atoms with Gasteiger partial charge >= 0.3 is 12.0 Å². The second-order valence-corrected chi connectivity index (χ2v) is 5.15. The minimum atomic E-state index is -1.19. The summed E-state index contributed by atoms with van der Waals surface area (Å²) in [5.74, 6) is -1.19. The molecule has 0 radical (unpaired) electrons. The molecule has 21 heavy (non-hydrogen) atoms. The molecule has 0 fully saturated rings. The largest absolute Gasteiger partial charge is 0.478 e. The maximum absolute atomic E-state index is 12.0. The summed E-state index contributed by atoms with van der Waals surface area (Å²) in [6.07, 6.45) is 0.0907. The van der Waals surface area contributed by atoms with Gasteiger partial charge in [-0.25, -0.2) is 9.59 Å². The van der Waals surface area contributed by atoms with Crippen molar-refractivity contribution in [2.45, 2.75) is 20.0 Å². The summed E-state index contributed by atoms with van der Waals surface area (Å²) in [6.45, 7) is 4.62. The standard InChI is InChI=1S/C14H19ClN2O4/c1-9(2)21-8-7-17(3)14(20)16-11-6-4-5-10(15)12(11)13(18)19/h4-6,9H,7-8H2,1-3H3,(H,16,20)(H,18,19). The van der Waals surface area contributed by atoms with Crippen molar-refractivity contribution < 1.29 is 19.4 Å². The van der Waals surface area contributed by atoms with Gasteiger partial charge in [-0.05, 0) is 26.0 Å². The van der Waals surface area contributed by atoms with E-state index in [4.69, 9.17) is 21.4 Å². The van der Waals surface area contributed by atoms with Crippen LogP contribution in [-0.2, 0) is 4.74 Å². The molecule has 7 heteroatoms. The van der Waals surface area contributed by atoms with Crippen LogP contribution in [0.25, 0.3) is 0 Å². The van der Waals surface area contributed by atoms with E-state index in [9.17, 15) is 9.59 Å². The van der Waals surface area contributed by atoms with E-state index in [-0.39, 0.29) is 22.4 Å². The van der Waals surface area contributed by atoms with Gasteiger partial charge in [-0.2, -0.15) is 0 Å². The van der Waals surface area contributed by atoms with Gasteiger partial charge in [0.2, 0.25) is 0 Å². The summed E-state index contributed by atoms with van der Waals surface area (Å²) in [5.41, 5.74) is 0.0379. The number of likely N-dealkylation sites (N-methyl/N-ethyl adjacent to an activating group) is 1. The van der Waals surface area contributed by atoms with Gasteiger partial charge < -0.3 is 20.1 Å². The average molecular weight is 315 g/mol. The van der Waals surface area contributed by atoms with E-state index in [1.54, 1.807) is 13.1 Å². The summed E-state index contributed by atoms with van der Waals surface area (Å²) >= 11 is 5.84. The number of aromatic carboxylic acids is 1. The Kier molecular flexibility index (Phi) is 6.45. The van der Waals surface area contributed by atoms with Gasteiger partial charge in [0.25, 0.3) is 0 Å². The number of carbonyl (C=O) groups excluding carboxylic acids is 1. The predicted molar refractivity (Wildman–Crippen MR) is 81.1 cm³/mol. The molecule has 0 aliphatic heterocycles. The molecule has 2 amide bonds. The lowest BCUT2D eigenvalue weighted by Gasteiger charge is -2.19. The summed E-state index contributed by atoms with van der Waals surface area (Å²) in [6, 6.07) is 4.10. The zero-order chi connectivity index (χ0) is 16.0. The van der Waals surface area contributed by atoms with Gasteiger partial charge in [0, 0.05) is 13.6 Å². The van der Waals surface area contributed by atoms with E-state index in [1.165, 1.54) is 17.0 Å². The maximum Gasteiger partial charge on any atom is 0.339 e. The number of benzene rings is 1. The van der Waals surface area contributed by atoms with Crippen LogP contribution in [0.15, 0.2) is 18.2 Å². The molecule has 116 valence electrons. The van der Waals surface area contributed by atoms with Crippen molar-refractivity contribution in [2.75, 3.05) is 25.5 Å². The number of rotatable bonds is 6. The second-order valence-electron chi connectivity index (χ2n) is 4.74. The Balaban J connectivity index is 2.70. The summed E-state index contributed by atoms with van der Waals surface area (Å²) < 4.78 is 5.36. The number of hydrogen-bond donors (Lipinski definition) is 2. The number of nitrogens with one attached hydrogen (secondary N) is 1. The van der Waals surface area contributed by atoms with Crippen molar-refractivity contribution in [2.24, 2.45) is 0 Å². The first-order valence-electron chi connectivity index (χ1n) is 6.48. The van der Waals surface area contributed by atoms with Crippen LogP contribution in [-0.4, -0.2) is 48.3 Å². The number of ether oxygens (including phenoxy) is 1. The van der Waals surface area contributed by atoms with Gasteiger partial charge in [0.15, 0.2) is 0 Å². The highest BCUT2D eigenvalue weighted by Crippen LogP contribution is 2.24. The number of carbonyl (C=O) groups is 2. The SMILES string of the molecule is CC(C)OCCN(C)C(=O)Nc1cccc(Cl)c1C(=O)O. The fraction of sp³-hybridized carbons (Fsp3) is 0.429. The number of hydrogen-bond acceptors (Lipinski definition) is 3. The molecule has 0 heterocycles. The Morgan fingerprint density at radius 3 is 2.67 bits per heavy atom. The van der Waals surface area contributed by atoms with Crippen LogP contribution in [0.4, 0.5) is 10.5 Å². The third-order valence-electron chi connectivity index (χ3n) is 2.69. The fourth-order valence-electron chi connectivity index (χ4n) is 1.58. The Bertz CT molecular complexity index is 520. The molecule has 0 atom stereocenters. The predicted octanol–water partition coefficient (Wildman–Crippen LogP) is 2.93. The summed E-state index contributed by atoms with van der Waals surface area (Å²) in [4.78, 5) is 24.6. The van der Waals surface area contributed by atoms with E-state index in [0.29, 0.717) is 13.2 Å². The number of carboxylic acids is 1. The number of nitrogens with zero attached hydrogens (tertiary/aromatic N) is 1. The third kappa shape index (κ3) is 5.24. The molecule has 0 unspecified atom stereocenters. The van der Waals surface area contributed by atoms with Crippen molar-refractivity contribution in [1.29, 1.82) is 0 Å². The number of urea groups is 1. The van der Waals surface area contributed by atoms with E-state index in [1.807, 2.05) is 13.8 Å². The highest BCUT2D eigenvalue weighted by Gasteiger charge is 2.17. The molecule has 0 aromatic heterocycles. The molecular formula is C14H19ClN2O4. The number of halogens is 1. The Labute approximate surface area is 128 Å². The zero-order valence-electron chi connectivity index (χ0n) is 12.2. The van der Waals surface area contributed by atoms with Crippen LogP contribution in [0.5, 0.6) is 0 Å². The molecule has 2 N–H and O–H groups in total. The third-order valence-corrected chi connectivity index (χ3v) is 3.01. The summed E-state index contributed by atoms with van der Waals surface area (Å²) in [7, 11) is 1.60. The van der Waals surface area contributed by atoms with Crippen molar-refractivity contribution in [1.82, 2.24) is 4.90 Å². The minimum absolute atomic E-state index is 0.0751. The second kappa shape index (κ2) is 7.85. The van der Waals surface area contributed by atoms with Gasteiger partial charge in [-0.3, -0.25) is 0 Å². The van der Waals surface area contributed by atoms with Crippen LogP contribution in [0, 0.1) is 0 Å². The highest BCUT2D eigenvalue weighted by atomic mass is 35.5. The number of anilines is 1. The number of carboxylic acid groups (broad SMARTS) is 1. The normalized spacial score (nSPS) is 10.5. The molecule has 1 aromatic rings. The molecule has 6 nitrogen and oxygen atoms in total. The smallest absolute Gasteiger partial charge is 0.339 e. The number of amides is 2. The van der Waals surface area contributed by atoms with Gasteiger partial charge in [-0.15, -0.1) is 0 Å². The van der Waals surface area contributed by atoms with E-state index < -0.39 is 12.0 Å². The molecule has 1 aromatic carbocycles. The van der Waals surface area contributed by atoms with E-state index >= 15 is 0 Å². The van der Waals surface area contributed by atoms with E-state index in [2.05, 4.69) is 5.32 Å². The topological polar surface area (TPSA) is 78.9 Å². The first-order chi connectivity index (χ1) is 9.82. The molecule has 0 spiro atoms. The van der Waals surface area contributed by atoms with Crippen LogP contribution in [0.1, 0.15) is 24.2 Å². The minimum Gasteiger partial charge on any atom is -0.478 e.